The maximum absolute atomic E-state index is 12.2. The molecule has 0 aliphatic rings. The molecule has 6 nitrogen and oxygen atoms in total. The number of hydrogen-bond acceptors (Lipinski definition) is 4. The molecule has 8 heteroatoms. The molecule has 0 fully saturated rings. The average Bonchev–Trinajstić information content (AvgIpc) is 2.25. The van der Waals surface area contributed by atoms with E-state index in [1.807, 2.05) is 0 Å². The van der Waals surface area contributed by atoms with Crippen molar-refractivity contribution in [3.63, 3.8) is 0 Å². The van der Waals surface area contributed by atoms with E-state index in [0.29, 0.717) is 0 Å². The molecular weight excluding hydrogens is 304 g/mol. The summed E-state index contributed by atoms with van der Waals surface area (Å²) in [6, 6.07) is 5.61. The predicted octanol–water partition coefficient (Wildman–Crippen LogP) is 1.74. The number of nitriles is 1. The third kappa shape index (κ3) is 4.20. The minimum absolute atomic E-state index is 0.0620. The smallest absolute Gasteiger partial charge is 0.305 e. The molecule has 0 amide bonds. The summed E-state index contributed by atoms with van der Waals surface area (Å²) in [5, 5.41) is 17.9. The Balaban J connectivity index is 3.22. The molecule has 20 heavy (non-hydrogen) atoms. The van der Waals surface area contributed by atoms with Crippen LogP contribution in [0.25, 0.3) is 0 Å². The molecule has 1 aromatic rings. The van der Waals surface area contributed by atoms with Crippen molar-refractivity contribution < 1.29 is 18.3 Å². The third-order valence-corrected chi connectivity index (χ3v) is 4.33. The van der Waals surface area contributed by atoms with E-state index in [1.165, 1.54) is 26.0 Å². The molecule has 108 valence electrons. The normalized spacial score (nSPS) is 11.9. The van der Waals surface area contributed by atoms with Crippen molar-refractivity contribution in [2.75, 3.05) is 0 Å². The maximum atomic E-state index is 12.2. The lowest BCUT2D eigenvalue weighted by molar-refractivity contribution is -0.138. The highest BCUT2D eigenvalue weighted by Gasteiger charge is 2.30. The number of sulfonamides is 1. The van der Waals surface area contributed by atoms with Crippen molar-refractivity contribution >= 4 is 27.6 Å². The second kappa shape index (κ2) is 5.79. The summed E-state index contributed by atoms with van der Waals surface area (Å²) in [7, 11) is -4.05. The number of nitrogens with zero attached hydrogens (tertiary/aromatic N) is 1. The van der Waals surface area contributed by atoms with Gasteiger partial charge in [-0.05, 0) is 32.0 Å². The van der Waals surface area contributed by atoms with Crippen LogP contribution >= 0.6 is 11.6 Å². The second-order valence-corrected chi connectivity index (χ2v) is 6.90. The van der Waals surface area contributed by atoms with Gasteiger partial charge in [0.1, 0.15) is 11.0 Å². The number of aliphatic carboxylic acids is 1. The Morgan fingerprint density at radius 2 is 2.10 bits per heavy atom. The minimum Gasteiger partial charge on any atom is -0.481 e. The van der Waals surface area contributed by atoms with Gasteiger partial charge in [-0.2, -0.15) is 5.26 Å². The molecule has 1 aromatic carbocycles. The fourth-order valence-electron chi connectivity index (χ4n) is 1.64. The summed E-state index contributed by atoms with van der Waals surface area (Å²) in [5.41, 5.74) is -1.26. The molecular formula is C12H13ClN2O4S. The summed E-state index contributed by atoms with van der Waals surface area (Å²) < 4.78 is 26.8. The number of halogens is 1. The topological polar surface area (TPSA) is 107 Å². The first-order valence-electron chi connectivity index (χ1n) is 5.53. The molecule has 0 heterocycles. The first-order valence-corrected chi connectivity index (χ1v) is 7.39. The standard InChI is InChI=1S/C12H13ClN2O4S/c1-12(2,6-11(16)17)15-20(18,19)10-5-9(13)4-3-8(10)7-14/h3-5,15H,6H2,1-2H3,(H,16,17). The quantitative estimate of drug-likeness (QED) is 0.860. The van der Waals surface area contributed by atoms with E-state index in [-0.39, 0.29) is 15.5 Å². The number of carboxylic acids is 1. The molecule has 0 unspecified atom stereocenters. The molecule has 0 bridgehead atoms. The van der Waals surface area contributed by atoms with Crippen LogP contribution in [0.2, 0.25) is 5.02 Å². The fraction of sp³-hybridized carbons (Fsp3) is 0.333. The van der Waals surface area contributed by atoms with Crippen molar-refractivity contribution in [1.82, 2.24) is 4.72 Å². The monoisotopic (exact) mass is 316 g/mol. The highest BCUT2D eigenvalue weighted by Crippen LogP contribution is 2.22. The fourth-order valence-corrected chi connectivity index (χ4v) is 3.48. The van der Waals surface area contributed by atoms with Gasteiger partial charge in [0.15, 0.2) is 0 Å². The van der Waals surface area contributed by atoms with E-state index in [4.69, 9.17) is 22.0 Å². The highest BCUT2D eigenvalue weighted by molar-refractivity contribution is 7.89. The van der Waals surface area contributed by atoms with Crippen LogP contribution in [0, 0.1) is 11.3 Å². The van der Waals surface area contributed by atoms with Gasteiger partial charge < -0.3 is 5.11 Å². The Labute approximate surface area is 122 Å². The Morgan fingerprint density at radius 3 is 2.60 bits per heavy atom. The third-order valence-electron chi connectivity index (χ3n) is 2.36. The summed E-state index contributed by atoms with van der Waals surface area (Å²) in [6.07, 6.45) is -0.394. The van der Waals surface area contributed by atoms with Gasteiger partial charge in [0.2, 0.25) is 10.0 Å². The van der Waals surface area contributed by atoms with E-state index < -0.39 is 28.0 Å². The van der Waals surface area contributed by atoms with Gasteiger partial charge in [-0.1, -0.05) is 11.6 Å². The van der Waals surface area contributed by atoms with E-state index >= 15 is 0 Å². The lowest BCUT2D eigenvalue weighted by atomic mass is 10.0. The van der Waals surface area contributed by atoms with Crippen LogP contribution in [0.15, 0.2) is 23.1 Å². The minimum atomic E-state index is -4.05. The van der Waals surface area contributed by atoms with E-state index in [0.717, 1.165) is 6.07 Å². The zero-order chi connectivity index (χ0) is 15.6. The van der Waals surface area contributed by atoms with Crippen molar-refractivity contribution in [3.8, 4) is 6.07 Å². The van der Waals surface area contributed by atoms with Gasteiger partial charge >= 0.3 is 5.97 Å². The van der Waals surface area contributed by atoms with Gasteiger partial charge in [0, 0.05) is 10.6 Å². The van der Waals surface area contributed by atoms with Gasteiger partial charge in [-0.15, -0.1) is 0 Å². The van der Waals surface area contributed by atoms with Crippen LogP contribution in [-0.2, 0) is 14.8 Å². The first-order chi connectivity index (χ1) is 9.07. The molecule has 0 saturated heterocycles. The Bertz CT molecular complexity index is 677. The van der Waals surface area contributed by atoms with E-state index in [2.05, 4.69) is 4.72 Å². The summed E-state index contributed by atoms with van der Waals surface area (Å²) in [6.45, 7) is 2.88. The number of carboxylic acid groups (broad SMARTS) is 1. The van der Waals surface area contributed by atoms with Crippen LogP contribution in [-0.4, -0.2) is 25.0 Å². The SMILES string of the molecule is CC(C)(CC(=O)O)NS(=O)(=O)c1cc(Cl)ccc1C#N. The van der Waals surface area contributed by atoms with Gasteiger partial charge in [-0.25, -0.2) is 13.1 Å². The van der Waals surface area contributed by atoms with Crippen LogP contribution in [0.5, 0.6) is 0 Å². The predicted molar refractivity (Wildman–Crippen MR) is 72.8 cm³/mol. The molecule has 0 saturated carbocycles. The van der Waals surface area contributed by atoms with Crippen LogP contribution in [0.1, 0.15) is 25.8 Å². The molecule has 0 spiro atoms. The number of carbonyl (C=O) groups is 1. The summed E-state index contributed by atoms with van der Waals surface area (Å²) in [5.74, 6) is -1.13. The second-order valence-electron chi connectivity index (χ2n) is 4.81. The molecule has 0 aliphatic carbocycles. The van der Waals surface area contributed by atoms with Crippen molar-refractivity contribution in [1.29, 1.82) is 5.26 Å². The average molecular weight is 317 g/mol. The number of rotatable bonds is 5. The summed E-state index contributed by atoms with van der Waals surface area (Å²) >= 11 is 5.74. The Kier molecular flexibility index (Phi) is 4.76. The first kappa shape index (κ1) is 16.4. The lowest BCUT2D eigenvalue weighted by Gasteiger charge is -2.24. The number of benzene rings is 1. The van der Waals surface area contributed by atoms with Crippen LogP contribution in [0.3, 0.4) is 0 Å². The zero-order valence-electron chi connectivity index (χ0n) is 10.8. The van der Waals surface area contributed by atoms with Crippen molar-refractivity contribution in [3.05, 3.63) is 28.8 Å². The number of nitrogens with one attached hydrogen (secondary N) is 1. The Hall–Kier alpha value is -1.62. The molecule has 0 radical (unpaired) electrons. The maximum Gasteiger partial charge on any atom is 0.305 e. The van der Waals surface area contributed by atoms with Crippen LogP contribution < -0.4 is 4.72 Å². The van der Waals surface area contributed by atoms with E-state index in [9.17, 15) is 13.2 Å². The summed E-state index contributed by atoms with van der Waals surface area (Å²) in [4.78, 5) is 10.4. The highest BCUT2D eigenvalue weighted by atomic mass is 35.5. The largest absolute Gasteiger partial charge is 0.481 e. The molecule has 0 aromatic heterocycles. The van der Waals surface area contributed by atoms with Gasteiger partial charge in [0.05, 0.1) is 12.0 Å². The van der Waals surface area contributed by atoms with Crippen molar-refractivity contribution in [2.45, 2.75) is 30.7 Å². The molecule has 0 aliphatic heterocycles. The molecule has 0 atom stereocenters. The van der Waals surface area contributed by atoms with Crippen molar-refractivity contribution in [2.24, 2.45) is 0 Å². The van der Waals surface area contributed by atoms with Crippen LogP contribution in [0.4, 0.5) is 0 Å². The Morgan fingerprint density at radius 1 is 1.50 bits per heavy atom. The lowest BCUT2D eigenvalue weighted by Crippen LogP contribution is -2.45. The van der Waals surface area contributed by atoms with Gasteiger partial charge in [0.25, 0.3) is 0 Å². The molecule has 2 N–H and O–H groups in total. The van der Waals surface area contributed by atoms with E-state index in [1.54, 1.807) is 6.07 Å². The molecule has 1 rings (SSSR count). The zero-order valence-corrected chi connectivity index (χ0v) is 12.4. The number of hydrogen-bond donors (Lipinski definition) is 2. The van der Waals surface area contributed by atoms with Gasteiger partial charge in [-0.3, -0.25) is 4.79 Å².